The fourth-order valence-electron chi connectivity index (χ4n) is 9.94. The highest BCUT2D eigenvalue weighted by Gasteiger charge is 2.79. The fourth-order valence-corrected chi connectivity index (χ4v) is 9.94. The number of ether oxygens (including phenoxy) is 7. The quantitative estimate of drug-likeness (QED) is 0.176. The van der Waals surface area contributed by atoms with Gasteiger partial charge in [-0.3, -0.25) is 4.79 Å². The molecule has 3 aliphatic carbocycles. The standard InChI is InChI=1S/C42H59NO14/c1-21-25(52-34(47)40(12,49)22(2)43-35(48)57-36(4,5)6)19-42(50)32(53-33(46)24-16-14-13-15-17-24)30-39(11,26(45)18-27-41(30,20-51-27)54-23(3)44)31-29(28(21)37(42,7)8)55-38(9,10)56-31/h13-17,22,25-27,29-32,45,49-50H,18-20H2,1-12H3,(H,43,48)/t22?,25-,26-,27+,29+,30-,31+,32-,39+,40?,41-,42+/m0/s1. The van der Waals surface area contributed by atoms with Gasteiger partial charge in [-0.1, -0.05) is 39.0 Å². The molecule has 2 aliphatic heterocycles. The molecule has 1 aromatic carbocycles. The molecule has 15 heteroatoms. The molecule has 4 N–H and O–H groups in total. The number of esters is 3. The number of carbonyl (C=O) groups is 4. The number of aliphatic hydroxyl groups excluding tert-OH is 1. The predicted molar refractivity (Wildman–Crippen MR) is 201 cm³/mol. The number of carbonyl (C=O) groups excluding carboxylic acids is 4. The third-order valence-corrected chi connectivity index (χ3v) is 13.2. The summed E-state index contributed by atoms with van der Waals surface area (Å²) in [6.45, 7) is 19.3. The maximum atomic E-state index is 14.3. The summed E-state index contributed by atoms with van der Waals surface area (Å²) in [6.07, 6.45) is -8.03. The molecule has 2 unspecified atom stereocenters. The number of amides is 1. The van der Waals surface area contributed by atoms with Gasteiger partial charge in [0.05, 0.1) is 36.3 Å². The van der Waals surface area contributed by atoms with Crippen molar-refractivity contribution in [3.8, 4) is 0 Å². The van der Waals surface area contributed by atoms with Crippen LogP contribution in [0, 0.1) is 16.7 Å². The van der Waals surface area contributed by atoms with E-state index in [4.69, 9.17) is 33.2 Å². The highest BCUT2D eigenvalue weighted by atomic mass is 16.8. The molecule has 2 bridgehead atoms. The minimum atomic E-state index is -2.29. The third kappa shape index (κ3) is 6.95. The summed E-state index contributed by atoms with van der Waals surface area (Å²) >= 11 is 0. The van der Waals surface area contributed by atoms with E-state index in [0.717, 1.165) is 0 Å². The lowest BCUT2D eigenvalue weighted by Crippen LogP contribution is -2.82. The second-order valence-corrected chi connectivity index (χ2v) is 18.9. The van der Waals surface area contributed by atoms with E-state index in [1.54, 1.807) is 92.6 Å². The second kappa shape index (κ2) is 14.0. The van der Waals surface area contributed by atoms with Crippen LogP contribution in [0.3, 0.4) is 0 Å². The minimum Gasteiger partial charge on any atom is -0.456 e. The van der Waals surface area contributed by atoms with E-state index in [9.17, 15) is 34.5 Å². The van der Waals surface area contributed by atoms with E-state index in [2.05, 4.69) is 5.32 Å². The molecule has 15 nitrogen and oxygen atoms in total. The molecule has 6 rings (SSSR count). The fraction of sp³-hybridized carbons (Fsp3) is 0.714. The largest absolute Gasteiger partial charge is 0.456 e. The first-order valence-electron chi connectivity index (χ1n) is 19.6. The maximum absolute atomic E-state index is 14.3. The summed E-state index contributed by atoms with van der Waals surface area (Å²) in [4.78, 5) is 54.0. The summed E-state index contributed by atoms with van der Waals surface area (Å²) in [6, 6.07) is 7.00. The predicted octanol–water partition coefficient (Wildman–Crippen LogP) is 3.89. The molecule has 2 heterocycles. The Morgan fingerprint density at radius 1 is 0.982 bits per heavy atom. The van der Waals surface area contributed by atoms with Crippen LogP contribution in [0.15, 0.2) is 41.5 Å². The van der Waals surface area contributed by atoms with E-state index in [1.165, 1.54) is 20.8 Å². The van der Waals surface area contributed by atoms with Crippen LogP contribution in [0.5, 0.6) is 0 Å². The number of rotatable bonds is 7. The lowest BCUT2D eigenvalue weighted by atomic mass is 9.44. The van der Waals surface area contributed by atoms with E-state index < -0.39 is 112 Å². The van der Waals surface area contributed by atoms with Gasteiger partial charge in [0.2, 0.25) is 0 Å². The molecular weight excluding hydrogens is 742 g/mol. The Bertz CT molecular complexity index is 1820. The average molecular weight is 802 g/mol. The minimum absolute atomic E-state index is 0.0390. The Morgan fingerprint density at radius 3 is 2.18 bits per heavy atom. The lowest BCUT2D eigenvalue weighted by Gasteiger charge is -2.68. The lowest BCUT2D eigenvalue weighted by molar-refractivity contribution is -0.362. The number of hydrogen-bond acceptors (Lipinski definition) is 14. The van der Waals surface area contributed by atoms with E-state index in [1.807, 2.05) is 0 Å². The molecule has 0 aromatic heterocycles. The molecule has 2 saturated heterocycles. The van der Waals surface area contributed by atoms with Crippen molar-refractivity contribution < 1.29 is 67.7 Å². The normalized spacial score (nSPS) is 37.9. The van der Waals surface area contributed by atoms with Gasteiger partial charge in [0.25, 0.3) is 0 Å². The first-order chi connectivity index (χ1) is 26.1. The summed E-state index contributed by atoms with van der Waals surface area (Å²) in [7, 11) is 0. The molecule has 2 saturated carbocycles. The Hall–Kier alpha value is -3.60. The van der Waals surface area contributed by atoms with Crippen molar-refractivity contribution >= 4 is 24.0 Å². The molecule has 316 valence electrons. The van der Waals surface area contributed by atoms with Crippen LogP contribution >= 0.6 is 0 Å². The van der Waals surface area contributed by atoms with Crippen LogP contribution in [0.2, 0.25) is 0 Å². The first kappa shape index (κ1) is 43.0. The SMILES string of the molecule is CC(=O)O[C@@]12CO[C@@H]1C[C@H](O)[C@@]1(C)[C@@H]3OC(C)(C)O[C@@H]3C3=C(C)[C@@H](OC(=O)C(C)(O)C(C)NC(=O)OC(C)(C)C)C[C@@](O)([C@@H](OC(=O)c4ccccc4)[C@H]21)C3(C)C. The van der Waals surface area contributed by atoms with Gasteiger partial charge in [0, 0.05) is 30.6 Å². The highest BCUT2D eigenvalue weighted by Crippen LogP contribution is 2.67. The van der Waals surface area contributed by atoms with Gasteiger partial charge in [0.1, 0.15) is 35.6 Å². The molecule has 1 aromatic rings. The Morgan fingerprint density at radius 2 is 1.61 bits per heavy atom. The summed E-state index contributed by atoms with van der Waals surface area (Å²) in [5, 5.41) is 40.1. The number of aliphatic hydroxyl groups is 3. The Balaban J connectivity index is 1.54. The van der Waals surface area contributed by atoms with Crippen molar-refractivity contribution in [1.29, 1.82) is 0 Å². The first-order valence-corrected chi connectivity index (χ1v) is 19.6. The second-order valence-electron chi connectivity index (χ2n) is 18.9. The number of hydrogen-bond donors (Lipinski definition) is 4. The molecule has 12 atom stereocenters. The highest BCUT2D eigenvalue weighted by molar-refractivity contribution is 5.89. The van der Waals surface area contributed by atoms with Gasteiger partial charge in [0.15, 0.2) is 17.0 Å². The smallest absolute Gasteiger partial charge is 0.407 e. The molecule has 1 amide bonds. The van der Waals surface area contributed by atoms with Gasteiger partial charge in [-0.2, -0.15) is 0 Å². The van der Waals surface area contributed by atoms with Crippen molar-refractivity contribution in [2.45, 2.75) is 167 Å². The van der Waals surface area contributed by atoms with Crippen molar-refractivity contribution in [1.82, 2.24) is 5.32 Å². The van der Waals surface area contributed by atoms with Gasteiger partial charge >= 0.3 is 24.0 Å². The van der Waals surface area contributed by atoms with Crippen LogP contribution in [0.25, 0.3) is 0 Å². The zero-order chi connectivity index (χ0) is 42.5. The van der Waals surface area contributed by atoms with Gasteiger partial charge < -0.3 is 53.8 Å². The molecule has 0 radical (unpaired) electrons. The van der Waals surface area contributed by atoms with Crippen LogP contribution in [0.4, 0.5) is 4.79 Å². The van der Waals surface area contributed by atoms with Crippen molar-refractivity contribution in [3.63, 3.8) is 0 Å². The van der Waals surface area contributed by atoms with Crippen molar-refractivity contribution in [3.05, 3.63) is 47.0 Å². The van der Waals surface area contributed by atoms with Gasteiger partial charge in [-0.25, -0.2) is 14.4 Å². The number of benzene rings is 1. The number of alkyl carbamates (subject to hydrolysis) is 1. The third-order valence-electron chi connectivity index (χ3n) is 13.2. The number of nitrogens with one attached hydrogen (secondary N) is 1. The van der Waals surface area contributed by atoms with Crippen LogP contribution in [-0.2, 0) is 42.7 Å². The monoisotopic (exact) mass is 801 g/mol. The summed E-state index contributed by atoms with van der Waals surface area (Å²) in [5.41, 5.74) is -8.44. The average Bonchev–Trinajstić information content (AvgIpc) is 3.40. The van der Waals surface area contributed by atoms with Gasteiger partial charge in [-0.05, 0) is 78.7 Å². The summed E-state index contributed by atoms with van der Waals surface area (Å²) < 4.78 is 43.7. The maximum Gasteiger partial charge on any atom is 0.407 e. The zero-order valence-corrected chi connectivity index (χ0v) is 35.0. The topological polar surface area (TPSA) is 206 Å². The van der Waals surface area contributed by atoms with Gasteiger partial charge in [-0.15, -0.1) is 0 Å². The summed E-state index contributed by atoms with van der Waals surface area (Å²) in [5.74, 6) is -4.99. The Kier molecular flexibility index (Phi) is 10.6. The van der Waals surface area contributed by atoms with Crippen LogP contribution < -0.4 is 5.32 Å². The van der Waals surface area contributed by atoms with E-state index in [-0.39, 0.29) is 25.0 Å². The van der Waals surface area contributed by atoms with Crippen molar-refractivity contribution in [2.24, 2.45) is 16.7 Å². The molecule has 0 spiro atoms. The Labute approximate surface area is 333 Å². The number of fused-ring (bicyclic) bond motifs is 8. The van der Waals surface area contributed by atoms with Crippen molar-refractivity contribution in [2.75, 3.05) is 6.61 Å². The molecule has 5 aliphatic rings. The van der Waals surface area contributed by atoms with Crippen LogP contribution in [0.1, 0.15) is 106 Å². The van der Waals surface area contributed by atoms with Crippen LogP contribution in [-0.4, -0.2) is 117 Å². The zero-order valence-electron chi connectivity index (χ0n) is 35.0. The molecule has 57 heavy (non-hydrogen) atoms. The van der Waals surface area contributed by atoms with E-state index in [0.29, 0.717) is 11.1 Å². The molecule has 4 fully saturated rings. The van der Waals surface area contributed by atoms with E-state index >= 15 is 0 Å². The molecular formula is C42H59NO14.